The third-order valence-electron chi connectivity index (χ3n) is 4.32. The molecule has 2 rings (SSSR count). The van der Waals surface area contributed by atoms with E-state index in [9.17, 15) is 9.59 Å². The fourth-order valence-electron chi connectivity index (χ4n) is 3.23. The van der Waals surface area contributed by atoms with Crippen LogP contribution < -0.4 is 4.90 Å². The smallest absolute Gasteiger partial charge is 0.410 e. The molecule has 1 aliphatic heterocycles. The second-order valence-corrected chi connectivity index (χ2v) is 8.26. The number of amides is 1. The fourth-order valence-corrected chi connectivity index (χ4v) is 3.23. The highest BCUT2D eigenvalue weighted by atomic mass is 16.6. The van der Waals surface area contributed by atoms with Crippen LogP contribution in [0.15, 0.2) is 24.3 Å². The predicted molar refractivity (Wildman–Crippen MR) is 102 cm³/mol. The van der Waals surface area contributed by atoms with E-state index >= 15 is 0 Å². The maximum Gasteiger partial charge on any atom is 0.410 e. The second kappa shape index (κ2) is 7.98. The van der Waals surface area contributed by atoms with Gasteiger partial charge in [0, 0.05) is 31.4 Å². The number of hydrogen-bond donors (Lipinski definition) is 1. The van der Waals surface area contributed by atoms with Gasteiger partial charge >= 0.3 is 12.1 Å². The van der Waals surface area contributed by atoms with E-state index in [0.717, 1.165) is 12.1 Å². The van der Waals surface area contributed by atoms with Gasteiger partial charge in [-0.1, -0.05) is 13.8 Å². The lowest BCUT2D eigenvalue weighted by Gasteiger charge is -2.43. The van der Waals surface area contributed by atoms with E-state index in [1.165, 1.54) is 0 Å². The molecule has 1 amide bonds. The van der Waals surface area contributed by atoms with Crippen molar-refractivity contribution in [3.05, 3.63) is 29.8 Å². The molecule has 0 aliphatic carbocycles. The van der Waals surface area contributed by atoms with Crippen LogP contribution in [0.3, 0.4) is 0 Å². The van der Waals surface area contributed by atoms with E-state index in [2.05, 4.69) is 18.7 Å². The second-order valence-electron chi connectivity index (χ2n) is 8.26. The largest absolute Gasteiger partial charge is 0.478 e. The van der Waals surface area contributed by atoms with Crippen molar-refractivity contribution < 1.29 is 19.4 Å². The molecule has 1 saturated heterocycles. The van der Waals surface area contributed by atoms with Gasteiger partial charge in [0.1, 0.15) is 5.60 Å². The molecule has 1 atom stereocenters. The molecule has 0 unspecified atom stereocenters. The maximum atomic E-state index is 12.4. The van der Waals surface area contributed by atoms with Crippen molar-refractivity contribution in [1.29, 1.82) is 0 Å². The molecule has 1 aromatic carbocycles. The average Bonchev–Trinajstić information content (AvgIpc) is 2.52. The van der Waals surface area contributed by atoms with Gasteiger partial charge in [-0.15, -0.1) is 0 Å². The first-order chi connectivity index (χ1) is 12.1. The summed E-state index contributed by atoms with van der Waals surface area (Å²) in [6, 6.07) is 7.13. The molecule has 0 aromatic heterocycles. The molecular formula is C20H30N2O4. The zero-order valence-corrected chi connectivity index (χ0v) is 16.4. The lowest BCUT2D eigenvalue weighted by molar-refractivity contribution is 0.0208. The quantitative estimate of drug-likeness (QED) is 0.881. The zero-order chi connectivity index (χ0) is 19.5. The standard InChI is InChI=1S/C20H30N2O4/c1-14(2)12-17-13-21(19(25)26-20(3,4)5)10-11-22(17)16-8-6-15(7-9-16)18(23)24/h6-9,14,17H,10-13H2,1-5H3,(H,23,24)/t17-/m0/s1. The third kappa shape index (κ3) is 5.38. The van der Waals surface area contributed by atoms with E-state index < -0.39 is 11.6 Å². The topological polar surface area (TPSA) is 70.1 Å². The van der Waals surface area contributed by atoms with Crippen LogP contribution in [0.1, 0.15) is 51.4 Å². The zero-order valence-electron chi connectivity index (χ0n) is 16.4. The van der Waals surface area contributed by atoms with Crippen molar-refractivity contribution in [1.82, 2.24) is 4.90 Å². The van der Waals surface area contributed by atoms with E-state index in [1.807, 2.05) is 32.9 Å². The molecule has 1 N–H and O–H groups in total. The number of benzene rings is 1. The Kier molecular flexibility index (Phi) is 6.16. The number of carboxylic acids is 1. The van der Waals surface area contributed by atoms with Gasteiger partial charge in [0.2, 0.25) is 0 Å². The summed E-state index contributed by atoms with van der Waals surface area (Å²) < 4.78 is 5.52. The predicted octanol–water partition coefficient (Wildman–Crippen LogP) is 3.86. The van der Waals surface area contributed by atoms with Gasteiger partial charge in [-0.3, -0.25) is 0 Å². The number of aromatic carboxylic acids is 1. The minimum absolute atomic E-state index is 0.173. The normalized spacial score (nSPS) is 18.2. The molecular weight excluding hydrogens is 332 g/mol. The lowest BCUT2D eigenvalue weighted by Crippen LogP contribution is -2.56. The van der Waals surface area contributed by atoms with Gasteiger partial charge in [-0.05, 0) is 57.4 Å². The molecule has 0 saturated carbocycles. The molecule has 6 heteroatoms. The number of nitrogens with zero attached hydrogens (tertiary/aromatic N) is 2. The molecule has 0 spiro atoms. The Morgan fingerprint density at radius 2 is 1.81 bits per heavy atom. The first-order valence-corrected chi connectivity index (χ1v) is 9.15. The number of carbonyl (C=O) groups excluding carboxylic acids is 1. The van der Waals surface area contributed by atoms with Gasteiger partial charge in [0.05, 0.1) is 5.56 Å². The Hall–Kier alpha value is -2.24. The first-order valence-electron chi connectivity index (χ1n) is 9.15. The molecule has 1 heterocycles. The molecule has 0 radical (unpaired) electrons. The van der Waals surface area contributed by atoms with Crippen LogP contribution in [0.5, 0.6) is 0 Å². The van der Waals surface area contributed by atoms with Crippen LogP contribution in [0.2, 0.25) is 0 Å². The number of rotatable bonds is 4. The molecule has 1 aromatic rings. The van der Waals surface area contributed by atoms with Gasteiger partial charge in [-0.2, -0.15) is 0 Å². The highest BCUT2D eigenvalue weighted by Gasteiger charge is 2.32. The summed E-state index contributed by atoms with van der Waals surface area (Å²) in [4.78, 5) is 27.5. The Morgan fingerprint density at radius 3 is 2.31 bits per heavy atom. The Morgan fingerprint density at radius 1 is 1.19 bits per heavy atom. The highest BCUT2D eigenvalue weighted by Crippen LogP contribution is 2.26. The van der Waals surface area contributed by atoms with E-state index in [-0.39, 0.29) is 17.7 Å². The van der Waals surface area contributed by atoms with Crippen molar-refractivity contribution in [2.45, 2.75) is 52.7 Å². The van der Waals surface area contributed by atoms with Crippen molar-refractivity contribution >= 4 is 17.7 Å². The van der Waals surface area contributed by atoms with Crippen molar-refractivity contribution in [2.24, 2.45) is 5.92 Å². The van der Waals surface area contributed by atoms with Gasteiger partial charge in [-0.25, -0.2) is 9.59 Å². The molecule has 0 bridgehead atoms. The van der Waals surface area contributed by atoms with E-state index in [4.69, 9.17) is 9.84 Å². The molecule has 1 aliphatic rings. The Labute approximate surface area is 155 Å². The SMILES string of the molecule is CC(C)C[C@H]1CN(C(=O)OC(C)(C)C)CCN1c1ccc(C(=O)O)cc1. The molecule has 26 heavy (non-hydrogen) atoms. The minimum Gasteiger partial charge on any atom is -0.478 e. The van der Waals surface area contributed by atoms with Gasteiger partial charge in [0.15, 0.2) is 0 Å². The Bertz CT molecular complexity index is 634. The monoisotopic (exact) mass is 362 g/mol. The summed E-state index contributed by atoms with van der Waals surface area (Å²) >= 11 is 0. The van der Waals surface area contributed by atoms with Gasteiger partial charge in [0.25, 0.3) is 0 Å². The van der Waals surface area contributed by atoms with Crippen molar-refractivity contribution in [3.8, 4) is 0 Å². The van der Waals surface area contributed by atoms with Gasteiger partial charge < -0.3 is 19.6 Å². The first kappa shape index (κ1) is 20.1. The molecule has 6 nitrogen and oxygen atoms in total. The number of carbonyl (C=O) groups is 2. The molecule has 144 valence electrons. The van der Waals surface area contributed by atoms with E-state index in [0.29, 0.717) is 25.6 Å². The fraction of sp³-hybridized carbons (Fsp3) is 0.600. The number of carboxylic acid groups (broad SMARTS) is 1. The number of piperazine rings is 1. The summed E-state index contributed by atoms with van der Waals surface area (Å²) in [5.74, 6) is -0.440. The maximum absolute atomic E-state index is 12.4. The van der Waals surface area contributed by atoms with Crippen LogP contribution >= 0.6 is 0 Å². The van der Waals surface area contributed by atoms with E-state index in [1.54, 1.807) is 17.0 Å². The van der Waals surface area contributed by atoms with Crippen LogP contribution in [0.25, 0.3) is 0 Å². The van der Waals surface area contributed by atoms with Crippen LogP contribution in [-0.4, -0.2) is 53.3 Å². The van der Waals surface area contributed by atoms with Crippen LogP contribution in [0.4, 0.5) is 10.5 Å². The number of hydrogen-bond acceptors (Lipinski definition) is 4. The Balaban J connectivity index is 2.15. The van der Waals surface area contributed by atoms with Crippen molar-refractivity contribution in [2.75, 3.05) is 24.5 Å². The number of anilines is 1. The van der Waals surface area contributed by atoms with Crippen LogP contribution in [0, 0.1) is 5.92 Å². The summed E-state index contributed by atoms with van der Waals surface area (Å²) in [6.45, 7) is 11.8. The summed E-state index contributed by atoms with van der Waals surface area (Å²) in [6.07, 6.45) is 0.673. The summed E-state index contributed by atoms with van der Waals surface area (Å²) in [5.41, 5.74) is 0.764. The summed E-state index contributed by atoms with van der Waals surface area (Å²) in [7, 11) is 0. The minimum atomic E-state index is -0.926. The number of ether oxygens (including phenoxy) is 1. The lowest BCUT2D eigenvalue weighted by atomic mass is 9.99. The molecule has 1 fully saturated rings. The highest BCUT2D eigenvalue weighted by molar-refractivity contribution is 5.88. The summed E-state index contributed by atoms with van der Waals surface area (Å²) in [5, 5.41) is 9.07. The third-order valence-corrected chi connectivity index (χ3v) is 4.32. The average molecular weight is 362 g/mol. The van der Waals surface area contributed by atoms with Crippen molar-refractivity contribution in [3.63, 3.8) is 0 Å². The van der Waals surface area contributed by atoms with Crippen LogP contribution in [-0.2, 0) is 4.74 Å².